The molecule has 1 saturated heterocycles. The number of phenolic OH excluding ortho intramolecular Hbond substituents is 1. The monoisotopic (exact) mass is 694 g/mol. The number of amides is 2. The summed E-state index contributed by atoms with van der Waals surface area (Å²) in [6, 6.07) is 1.09. The second-order valence-corrected chi connectivity index (χ2v) is 12.7. The highest BCUT2D eigenvalue weighted by Crippen LogP contribution is 2.56. The van der Waals surface area contributed by atoms with Gasteiger partial charge in [0.05, 0.1) is 43.0 Å². The Kier molecular flexibility index (Phi) is 9.17. The molecule has 1 aliphatic heterocycles. The van der Waals surface area contributed by atoms with Gasteiger partial charge in [-0.25, -0.2) is 0 Å². The van der Waals surface area contributed by atoms with Gasteiger partial charge in [0, 0.05) is 11.5 Å². The maximum Gasteiger partial charge on any atom is 0.280 e. The number of fused-ring (bicyclic) bond motifs is 3. The number of likely N-dealkylation sites (N-methyl/N-ethyl adjacent to an activating group) is 1. The predicted molar refractivity (Wildman–Crippen MR) is 162 cm³/mol. The lowest BCUT2D eigenvalue weighted by Gasteiger charge is -2.53. The molecule has 49 heavy (non-hydrogen) atoms. The van der Waals surface area contributed by atoms with E-state index in [0.29, 0.717) is 5.06 Å². The highest BCUT2D eigenvalue weighted by atomic mass is 16.8. The van der Waals surface area contributed by atoms with Gasteiger partial charge in [0.25, 0.3) is 11.8 Å². The first-order valence-electron chi connectivity index (χ1n) is 15.0. The number of hydrogen-bond acceptors (Lipinski definition) is 17. The van der Waals surface area contributed by atoms with E-state index in [1.54, 1.807) is 0 Å². The molecule has 4 aliphatic rings. The Bertz CT molecular complexity index is 1680. The van der Waals surface area contributed by atoms with Gasteiger partial charge in [0.2, 0.25) is 11.7 Å². The van der Waals surface area contributed by atoms with Crippen molar-refractivity contribution in [3.63, 3.8) is 0 Å². The van der Waals surface area contributed by atoms with Crippen LogP contribution in [0.15, 0.2) is 29.0 Å². The number of Topliss-reactive ketones (excluding diaryl/α,β-unsaturated/α-hetero) is 2. The molecule has 12 N–H and O–H groups in total. The van der Waals surface area contributed by atoms with Crippen LogP contribution in [-0.4, -0.2) is 156 Å². The fraction of sp³-hybridized carbons (Fsp3) is 0.533. The van der Waals surface area contributed by atoms with Gasteiger partial charge in [-0.05, 0) is 31.6 Å². The zero-order valence-corrected chi connectivity index (χ0v) is 26.6. The van der Waals surface area contributed by atoms with Crippen molar-refractivity contribution in [3.8, 4) is 5.75 Å². The summed E-state index contributed by atoms with van der Waals surface area (Å²) in [4.78, 5) is 58.9. The number of carbonyl (C=O) groups is 4. The molecule has 2 amide bonds. The average molecular weight is 695 g/mol. The summed E-state index contributed by atoms with van der Waals surface area (Å²) in [5.74, 6) is -14.7. The number of ether oxygens (including phenoxy) is 1. The predicted octanol–water partition coefficient (Wildman–Crippen LogP) is -3.94. The van der Waals surface area contributed by atoms with E-state index in [2.05, 4.69) is 5.32 Å². The third-order valence-corrected chi connectivity index (χ3v) is 9.84. The SMILES string of the molecule is CON(CC(=O)Nc1ccc2c(c1O)C(O)=C1C(=O)[C@]3(O)C(O)=C(C(N)=O)C(=O)[C@@H](N(C)C)[C@@H]3[C@@H](O)[C@@H]1[C@H]2C)C1(O)OC[C@@H](O)[C@@H](O)[C@@H]1O. The summed E-state index contributed by atoms with van der Waals surface area (Å²) in [5, 5.41) is 101. The van der Waals surface area contributed by atoms with Gasteiger partial charge in [0.15, 0.2) is 17.5 Å². The van der Waals surface area contributed by atoms with Crippen LogP contribution in [0.1, 0.15) is 24.0 Å². The van der Waals surface area contributed by atoms with Crippen LogP contribution in [0.5, 0.6) is 5.75 Å². The molecule has 2 fully saturated rings. The molecule has 0 aromatic heterocycles. The van der Waals surface area contributed by atoms with Gasteiger partial charge in [-0.1, -0.05) is 13.0 Å². The summed E-state index contributed by atoms with van der Waals surface area (Å²) in [6.45, 7) is 0.00171. The third-order valence-electron chi connectivity index (χ3n) is 9.84. The molecule has 19 nitrogen and oxygen atoms in total. The largest absolute Gasteiger partial charge is 0.508 e. The van der Waals surface area contributed by atoms with Gasteiger partial charge in [-0.2, -0.15) is 0 Å². The van der Waals surface area contributed by atoms with Gasteiger partial charge in [0.1, 0.15) is 41.6 Å². The van der Waals surface area contributed by atoms with Gasteiger partial charge >= 0.3 is 0 Å². The van der Waals surface area contributed by atoms with Gasteiger partial charge in [-0.3, -0.25) is 28.9 Å². The van der Waals surface area contributed by atoms with Crippen LogP contribution in [0.3, 0.4) is 0 Å². The van der Waals surface area contributed by atoms with E-state index in [9.17, 15) is 65.1 Å². The van der Waals surface area contributed by atoms with E-state index in [4.69, 9.17) is 15.3 Å². The van der Waals surface area contributed by atoms with Crippen molar-refractivity contribution in [1.29, 1.82) is 0 Å². The number of phenols is 1. The molecule has 1 saturated carbocycles. The maximum absolute atomic E-state index is 14.1. The number of anilines is 1. The third kappa shape index (κ3) is 5.12. The van der Waals surface area contributed by atoms with Crippen molar-refractivity contribution in [1.82, 2.24) is 9.96 Å². The lowest BCUT2D eigenvalue weighted by molar-refractivity contribution is -0.440. The van der Waals surface area contributed by atoms with E-state index >= 15 is 0 Å². The van der Waals surface area contributed by atoms with Crippen LogP contribution in [0.25, 0.3) is 5.76 Å². The molecular formula is C30H38N4O15. The van der Waals surface area contributed by atoms with Crippen molar-refractivity contribution >= 4 is 34.8 Å². The number of nitrogens with zero attached hydrogens (tertiary/aromatic N) is 2. The minimum Gasteiger partial charge on any atom is -0.508 e. The first-order valence-corrected chi connectivity index (χ1v) is 15.0. The zero-order chi connectivity index (χ0) is 36.7. The molecule has 1 heterocycles. The fourth-order valence-electron chi connectivity index (χ4n) is 7.39. The molecule has 0 radical (unpaired) electrons. The number of rotatable bonds is 7. The molecule has 3 aliphatic carbocycles. The molecule has 19 heteroatoms. The van der Waals surface area contributed by atoms with Crippen LogP contribution in [0.2, 0.25) is 0 Å². The van der Waals surface area contributed by atoms with E-state index in [0.717, 1.165) is 7.11 Å². The Morgan fingerprint density at radius 1 is 1.08 bits per heavy atom. The fourth-order valence-corrected chi connectivity index (χ4v) is 7.39. The number of aliphatic hydroxyl groups is 8. The molecule has 1 unspecified atom stereocenters. The van der Waals surface area contributed by atoms with Gasteiger partial charge in [-0.15, -0.1) is 5.06 Å². The minimum atomic E-state index is -3.11. The number of nitrogens with one attached hydrogen (secondary N) is 1. The van der Waals surface area contributed by atoms with Crippen molar-refractivity contribution in [2.24, 2.45) is 17.6 Å². The van der Waals surface area contributed by atoms with Crippen LogP contribution in [0, 0.1) is 11.8 Å². The zero-order valence-electron chi connectivity index (χ0n) is 26.6. The molecule has 1 aromatic rings. The number of carbonyl (C=O) groups excluding carboxylic acids is 4. The molecule has 10 atom stereocenters. The Balaban J connectivity index is 1.54. The first-order chi connectivity index (χ1) is 22.8. The number of primary amides is 1. The Labute approximate surface area is 277 Å². The second kappa shape index (κ2) is 12.4. The topological polar surface area (TPSA) is 313 Å². The molecule has 1 aromatic carbocycles. The number of hydroxylamine groups is 2. The molecule has 0 bridgehead atoms. The van der Waals surface area contributed by atoms with Crippen molar-refractivity contribution in [2.75, 3.05) is 39.7 Å². The molecule has 5 rings (SSSR count). The maximum atomic E-state index is 14.1. The smallest absolute Gasteiger partial charge is 0.280 e. The summed E-state index contributed by atoms with van der Waals surface area (Å²) >= 11 is 0. The number of hydrogen-bond donors (Lipinski definition) is 11. The standard InChI is InChI=1S/C30H38N4O15/c1-9-10-5-6-11(32-13(36)7-34(48-4)30(47)27(44)21(38)12(35)8-49-30)20(37)15(10)22(39)16-14(9)23(40)18-19(33(2)3)24(41)17(28(31)45)26(43)29(18,46)25(16)42/h5-6,9,12,14,18-19,21,23,27,35,37-40,43-44,46-47H,7-8H2,1-4H3,(H2,31,45)(H,32,36)/t9-,12+,14+,18+,19-,21+,23-,27-,29-,30?/m0/s1. The van der Waals surface area contributed by atoms with Crippen molar-refractivity contribution in [3.05, 3.63) is 40.2 Å². The van der Waals surface area contributed by atoms with E-state index in [1.807, 2.05) is 0 Å². The number of ketones is 2. The number of nitrogens with two attached hydrogens (primary N) is 1. The van der Waals surface area contributed by atoms with Gasteiger partial charge < -0.3 is 61.7 Å². The molecule has 268 valence electrons. The van der Waals surface area contributed by atoms with Crippen LogP contribution in [-0.2, 0) is 28.8 Å². The summed E-state index contributed by atoms with van der Waals surface area (Å²) in [6.07, 6.45) is -7.37. The molecule has 0 spiro atoms. The summed E-state index contributed by atoms with van der Waals surface area (Å²) < 4.78 is 5.04. The number of benzene rings is 1. The molecular weight excluding hydrogens is 656 g/mol. The summed E-state index contributed by atoms with van der Waals surface area (Å²) in [5.41, 5.74) is -0.0304. The minimum absolute atomic E-state index is 0.180. The second-order valence-electron chi connectivity index (χ2n) is 12.7. The van der Waals surface area contributed by atoms with E-state index < -0.39 is 125 Å². The highest BCUT2D eigenvalue weighted by molar-refractivity contribution is 6.24. The quantitative estimate of drug-likeness (QED) is 0.0562. The first kappa shape index (κ1) is 36.3. The Morgan fingerprint density at radius 3 is 2.29 bits per heavy atom. The summed E-state index contributed by atoms with van der Waals surface area (Å²) in [7, 11) is 3.79. The Hall–Kier alpha value is -4.02. The van der Waals surface area contributed by atoms with Crippen LogP contribution >= 0.6 is 0 Å². The number of aromatic hydroxyl groups is 1. The number of aliphatic hydroxyl groups excluding tert-OH is 6. The lowest BCUT2D eigenvalue weighted by atomic mass is 9.54. The van der Waals surface area contributed by atoms with E-state index in [-0.39, 0.29) is 16.8 Å². The lowest BCUT2D eigenvalue weighted by Crippen LogP contribution is -2.70. The van der Waals surface area contributed by atoms with Crippen LogP contribution < -0.4 is 11.1 Å². The van der Waals surface area contributed by atoms with E-state index in [1.165, 1.54) is 38.1 Å². The van der Waals surface area contributed by atoms with Crippen LogP contribution in [0.4, 0.5) is 5.69 Å². The average Bonchev–Trinajstić information content (AvgIpc) is 3.03. The van der Waals surface area contributed by atoms with Crippen molar-refractivity contribution < 1.29 is 74.7 Å². The normalized spacial score (nSPS) is 36.1. The Morgan fingerprint density at radius 2 is 1.71 bits per heavy atom. The highest BCUT2D eigenvalue weighted by Gasteiger charge is 2.68. The van der Waals surface area contributed by atoms with Crippen molar-refractivity contribution in [2.45, 2.75) is 54.8 Å².